The van der Waals surface area contributed by atoms with Crippen LogP contribution in [0.2, 0.25) is 10.0 Å². The van der Waals surface area contributed by atoms with Crippen molar-refractivity contribution in [3.05, 3.63) is 217 Å². The number of benzene rings is 5. The van der Waals surface area contributed by atoms with Gasteiger partial charge in [0.05, 0.1) is 73.0 Å². The molecule has 146 heavy (non-hydrogen) atoms. The van der Waals surface area contributed by atoms with Gasteiger partial charge < -0.3 is 4.74 Å². The number of ether oxygens (including phenoxy) is 1. The smallest absolute Gasteiger partial charge is 0.119 e. The monoisotopic (exact) mass is 2220 g/mol. The van der Waals surface area contributed by atoms with Crippen LogP contribution >= 0.6 is 183 Å². The summed E-state index contributed by atoms with van der Waals surface area (Å²) >= 11 is 39.0. The Bertz CT molecular complexity index is 8050. The molecule has 11 nitrogen and oxygen atoms in total. The summed E-state index contributed by atoms with van der Waals surface area (Å²) in [5, 5.41) is 1.65. The molecule has 5 aromatic carbocycles. The van der Waals surface area contributed by atoms with E-state index < -0.39 is 0 Å². The minimum absolute atomic E-state index is 0.551. The first-order valence-corrected chi connectivity index (χ1v) is 64.1. The number of fused-ring (bicyclic) bond motifs is 5. The highest BCUT2D eigenvalue weighted by Crippen LogP contribution is 2.56. The van der Waals surface area contributed by atoms with Crippen LogP contribution in [0.1, 0.15) is 239 Å². The van der Waals surface area contributed by atoms with E-state index in [1.165, 1.54) is 251 Å². The second kappa shape index (κ2) is 48.3. The summed E-state index contributed by atoms with van der Waals surface area (Å²) in [4.78, 5) is 49.7. The molecule has 0 spiro atoms. The molecule has 0 aliphatic carbocycles. The van der Waals surface area contributed by atoms with E-state index in [9.17, 15) is 0 Å². The molecule has 0 N–H and O–H groups in total. The SMILES string of the molecule is CCCCCCCCC(CCCCCC)Cc1sc(-c2nc3c(-c4ccc(C)s4)c4nsnc4c(-c4ccc(-c5ccc(-c6ccc(-c7c8nsnc8c(-c8ccc(-c9ccc(-c%10ccc(-c%11ccc(-c%12ccc(-c%13ccc(C)s%13)s%12)c%12nsnc%11%12)s%10)s9)s8)c8nc(-c9ccc(OCCCCCC)cc9)c(-c9ccc(C)cc9)nc78)s6)s5)s4)c3nc2-c2cc(Cl)c(CC(CCCCCC)CCCCCCCC)s2)cc1Cl. The molecule has 21 rings (SSSR count). The third-order valence-electron chi connectivity index (χ3n) is 28.0. The lowest BCUT2D eigenvalue weighted by atomic mass is 9.91. The third-order valence-corrected chi connectivity index (χ3v) is 43.6. The fourth-order valence-corrected chi connectivity index (χ4v) is 34.4. The van der Waals surface area contributed by atoms with Crippen molar-refractivity contribution in [3.8, 4) is 161 Å². The molecule has 0 aliphatic rings. The quantitative estimate of drug-likeness (QED) is 0.0337. The van der Waals surface area contributed by atoms with Gasteiger partial charge in [-0.1, -0.05) is 273 Å². The van der Waals surface area contributed by atoms with E-state index in [1.807, 2.05) is 68.0 Å². The molecule has 0 amide bonds. The topological polar surface area (TPSA) is 138 Å². The second-order valence-electron chi connectivity index (χ2n) is 38.8. The van der Waals surface area contributed by atoms with Gasteiger partial charge in [-0.3, -0.25) is 0 Å². The molecule has 16 heterocycles. The normalized spacial score (nSPS) is 12.4. The molecule has 27 heteroatoms. The summed E-state index contributed by atoms with van der Waals surface area (Å²) < 4.78 is 37.4. The number of unbranched alkanes of at least 4 members (excludes halogenated alkanes) is 19. The van der Waals surface area contributed by atoms with E-state index in [-0.39, 0.29) is 0 Å². The van der Waals surface area contributed by atoms with Gasteiger partial charge in [0, 0.05) is 142 Å². The van der Waals surface area contributed by atoms with Crippen LogP contribution in [0.4, 0.5) is 0 Å². The Labute approximate surface area is 923 Å². The molecule has 0 fully saturated rings. The largest absolute Gasteiger partial charge is 0.494 e. The third kappa shape index (κ3) is 22.9. The van der Waals surface area contributed by atoms with Gasteiger partial charge in [-0.2, -0.15) is 26.2 Å². The first-order valence-electron chi connectivity index (χ1n) is 52.2. The van der Waals surface area contributed by atoms with Crippen molar-refractivity contribution in [2.75, 3.05) is 6.61 Å². The number of hydrogen-bond donors (Lipinski definition) is 0. The number of rotatable bonds is 49. The average molecular weight is 2220 g/mol. The van der Waals surface area contributed by atoms with E-state index in [0.717, 1.165) is 228 Å². The maximum Gasteiger partial charge on any atom is 0.119 e. The predicted molar refractivity (Wildman–Crippen MR) is 646 cm³/mol. The summed E-state index contributed by atoms with van der Waals surface area (Å²) in [5.74, 6) is 1.94. The number of nitrogens with zero attached hydrogens (tertiary/aromatic N) is 10. The van der Waals surface area contributed by atoms with Gasteiger partial charge in [0.2, 0.25) is 0 Å². The molecule has 21 aromatic rings. The Kier molecular flexibility index (Phi) is 34.1. The van der Waals surface area contributed by atoms with Gasteiger partial charge in [0.15, 0.2) is 0 Å². The van der Waals surface area contributed by atoms with Crippen LogP contribution in [0.3, 0.4) is 0 Å². The van der Waals surface area contributed by atoms with Crippen LogP contribution in [0, 0.1) is 32.6 Å². The predicted octanol–water partition coefficient (Wildman–Crippen LogP) is 43.2. The van der Waals surface area contributed by atoms with Gasteiger partial charge in [-0.05, 0) is 197 Å². The number of hydrogen-bond acceptors (Lipinski definition) is 25. The van der Waals surface area contributed by atoms with Crippen LogP contribution in [0.15, 0.2) is 182 Å². The summed E-state index contributed by atoms with van der Waals surface area (Å²) in [6, 6.07) is 66.7. The zero-order chi connectivity index (χ0) is 99.7. The van der Waals surface area contributed by atoms with Crippen LogP contribution in [-0.2, 0) is 12.8 Å². The first-order chi connectivity index (χ1) is 71.7. The molecule has 0 radical (unpaired) electrons. The van der Waals surface area contributed by atoms with Gasteiger partial charge in [-0.25, -0.2) is 19.9 Å². The van der Waals surface area contributed by atoms with Crippen molar-refractivity contribution in [1.82, 2.24) is 46.2 Å². The zero-order valence-corrected chi connectivity index (χ0v) is 96.7. The molecule has 0 aliphatic heterocycles. The molecule has 2 atom stereocenters. The van der Waals surface area contributed by atoms with Gasteiger partial charge >= 0.3 is 0 Å². The summed E-state index contributed by atoms with van der Waals surface area (Å²) in [6.07, 6.45) is 36.9. The summed E-state index contributed by atoms with van der Waals surface area (Å²) in [7, 11) is 0. The first kappa shape index (κ1) is 103. The highest BCUT2D eigenvalue weighted by atomic mass is 35.5. The zero-order valence-electron chi connectivity index (χ0n) is 83.7. The van der Waals surface area contributed by atoms with E-state index in [4.69, 9.17) is 74.1 Å². The average Bonchev–Trinajstić information content (AvgIpc) is 1.59. The Hall–Kier alpha value is -8.68. The van der Waals surface area contributed by atoms with Gasteiger partial charge in [0.25, 0.3) is 0 Å². The minimum atomic E-state index is 0.551. The molecule has 748 valence electrons. The number of aryl methyl sites for hydroxylation is 3. The molecule has 0 saturated heterocycles. The molecule has 0 saturated carbocycles. The van der Waals surface area contributed by atoms with Crippen molar-refractivity contribution in [2.24, 2.45) is 11.8 Å². The van der Waals surface area contributed by atoms with E-state index in [2.05, 4.69) is 237 Å². The van der Waals surface area contributed by atoms with Crippen molar-refractivity contribution in [3.63, 3.8) is 0 Å². The molecule has 0 bridgehead atoms. The van der Waals surface area contributed by atoms with Crippen LogP contribution < -0.4 is 4.74 Å². The van der Waals surface area contributed by atoms with Crippen LogP contribution in [0.5, 0.6) is 5.75 Å². The maximum absolute atomic E-state index is 7.73. The van der Waals surface area contributed by atoms with Crippen LogP contribution in [0.25, 0.3) is 210 Å². The Balaban J connectivity index is 0.639. The minimum Gasteiger partial charge on any atom is -0.494 e. The fraction of sp³-hybridized carbons (Fsp3) is 0.345. The van der Waals surface area contributed by atoms with E-state index in [0.29, 0.717) is 18.4 Å². The van der Waals surface area contributed by atoms with E-state index >= 15 is 0 Å². The maximum atomic E-state index is 7.73. The Morgan fingerprint density at radius 3 is 0.877 bits per heavy atom. The lowest BCUT2D eigenvalue weighted by Gasteiger charge is -2.17. The van der Waals surface area contributed by atoms with Crippen molar-refractivity contribution >= 4 is 238 Å². The van der Waals surface area contributed by atoms with Gasteiger partial charge in [0.1, 0.15) is 72.3 Å². The summed E-state index contributed by atoms with van der Waals surface area (Å²) in [6.45, 7) is 18.7. The highest BCUT2D eigenvalue weighted by Gasteiger charge is 2.33. The van der Waals surface area contributed by atoms with Gasteiger partial charge in [-0.15, -0.1) is 125 Å². The van der Waals surface area contributed by atoms with Crippen molar-refractivity contribution in [1.29, 1.82) is 0 Å². The number of aromatic nitrogens is 10. The number of halogens is 2. The molecule has 16 aromatic heterocycles. The summed E-state index contributed by atoms with van der Waals surface area (Å²) in [5.41, 5.74) is 20.6. The highest BCUT2D eigenvalue weighted by molar-refractivity contribution is 7.29. The Morgan fingerprint density at radius 2 is 0.521 bits per heavy atom. The molecular formula is C119H118Cl2N10OS14. The Morgan fingerprint density at radius 1 is 0.247 bits per heavy atom. The van der Waals surface area contributed by atoms with Crippen molar-refractivity contribution < 1.29 is 4.74 Å². The lowest BCUT2D eigenvalue weighted by Crippen LogP contribution is -2.05. The van der Waals surface area contributed by atoms with E-state index in [1.54, 1.807) is 56.7 Å². The second-order valence-corrected chi connectivity index (χ2v) is 53.6. The fourth-order valence-electron chi connectivity index (χ4n) is 20.2. The van der Waals surface area contributed by atoms with Crippen molar-refractivity contribution in [2.45, 2.75) is 248 Å². The molecular weight excluding hydrogens is 2110 g/mol. The van der Waals surface area contributed by atoms with Crippen LogP contribution in [-0.4, -0.2) is 52.8 Å². The molecule has 2 unspecified atom stereocenters. The lowest BCUT2D eigenvalue weighted by molar-refractivity contribution is 0.305. The standard InChI is InChI=1S/C119H118Cl2N10OS14/c1-9-14-19-24-26-30-35-73(33-28-21-16-11-3)66-98-80(120)68-100(142-98)110-111(101-69-81(121)99(143-101)67-74(34-29-22-17-12-4)36-31-27-25-20-15-10-2)125-115-105(119-116(128-145-131-119)102(114(115)124-110)94-50-40-72(8)134-94)97-64-61-93(141-97)90-58-57-89(138-90)92-60-63-95(140-92)103-112-113(123-107(106(122-112)75-41-37-70(6)38-42-75)76-43-45-77(46-44-76)132-65-32-23-18-13-5)104(118-117(103)129-146-130-118)96-62-59-91(139-96)88-56-55-87(137-88)86-54-52-83(136-86)79-48-47-78(108-109(79)127-144-126-108)82-51-53-85(135-82)84-49-39-71(7)133-84/h37-64,68-69,73-74H,9-36,65-67H2,1-8H3. The number of thiophene rings is 11.